The highest BCUT2D eigenvalue weighted by Gasteiger charge is 2.17. The molecule has 0 amide bonds. The third-order valence-electron chi connectivity index (χ3n) is 4.39. The van der Waals surface area contributed by atoms with Crippen molar-refractivity contribution in [2.45, 2.75) is 20.8 Å². The van der Waals surface area contributed by atoms with Gasteiger partial charge in [0.2, 0.25) is 0 Å². The summed E-state index contributed by atoms with van der Waals surface area (Å²) in [7, 11) is 1.84. The van der Waals surface area contributed by atoms with E-state index in [4.69, 9.17) is 10.2 Å². The number of anilines is 1. The maximum atomic E-state index is 9.07. The third-order valence-corrected chi connectivity index (χ3v) is 4.39. The molecule has 0 aliphatic heterocycles. The van der Waals surface area contributed by atoms with E-state index >= 15 is 0 Å². The number of rotatable bonds is 3. The molecule has 2 aromatic heterocycles. The minimum absolute atomic E-state index is 0.628. The first-order valence-corrected chi connectivity index (χ1v) is 9.33. The van der Waals surface area contributed by atoms with Crippen molar-refractivity contribution in [1.82, 2.24) is 14.4 Å². The minimum Gasteiger partial charge on any atom is -0.370 e. The van der Waals surface area contributed by atoms with E-state index in [9.17, 15) is 0 Å². The van der Waals surface area contributed by atoms with Crippen molar-refractivity contribution in [3.63, 3.8) is 0 Å². The van der Waals surface area contributed by atoms with E-state index < -0.39 is 0 Å². The summed E-state index contributed by atoms with van der Waals surface area (Å²) in [6.45, 7) is 6.07. The summed E-state index contributed by atoms with van der Waals surface area (Å²) in [5.41, 5.74) is 6.44. The van der Waals surface area contributed by atoms with Gasteiger partial charge in [-0.25, -0.2) is 9.97 Å². The van der Waals surface area contributed by atoms with Gasteiger partial charge in [0.15, 0.2) is 11.5 Å². The summed E-state index contributed by atoms with van der Waals surface area (Å²) < 4.78 is 2.05. The Morgan fingerprint density at radius 2 is 1.61 bits per heavy atom. The molecule has 2 heterocycles. The van der Waals surface area contributed by atoms with Crippen LogP contribution in [0.25, 0.3) is 28.2 Å². The van der Waals surface area contributed by atoms with Gasteiger partial charge in [-0.2, -0.15) is 5.26 Å². The van der Waals surface area contributed by atoms with Crippen LogP contribution in [-0.4, -0.2) is 21.4 Å². The Morgan fingerprint density at radius 3 is 2.21 bits per heavy atom. The predicted octanol–water partition coefficient (Wildman–Crippen LogP) is 5.31. The fourth-order valence-corrected chi connectivity index (χ4v) is 3.05. The summed E-state index contributed by atoms with van der Waals surface area (Å²) >= 11 is 0. The standard InChI is InChI=1S/C21H17N5.C2H6/c1-14-3-7-17(8-4-14)19-18(16-9-5-15(13-22)6-10-16)25-20(23-2)21-24-11-12-26(19)21;1-2/h3-12H,1-2H3,(H,23,25);1-2H3. The molecule has 5 heteroatoms. The van der Waals surface area contributed by atoms with E-state index in [1.54, 1.807) is 6.20 Å². The van der Waals surface area contributed by atoms with E-state index in [1.807, 2.05) is 51.4 Å². The first kappa shape index (κ1) is 19.1. The fourth-order valence-electron chi connectivity index (χ4n) is 3.05. The lowest BCUT2D eigenvalue weighted by Crippen LogP contribution is -2.04. The highest BCUT2D eigenvalue weighted by atomic mass is 15.1. The van der Waals surface area contributed by atoms with Crippen molar-refractivity contribution in [2.24, 2.45) is 0 Å². The number of aryl methyl sites for hydroxylation is 1. The zero-order valence-corrected chi connectivity index (χ0v) is 16.6. The smallest absolute Gasteiger partial charge is 0.180 e. The molecule has 0 unspecified atom stereocenters. The quantitative estimate of drug-likeness (QED) is 0.531. The minimum atomic E-state index is 0.628. The maximum Gasteiger partial charge on any atom is 0.180 e. The number of benzene rings is 2. The number of hydrogen-bond donors (Lipinski definition) is 1. The average molecular weight is 369 g/mol. The number of fused-ring (bicyclic) bond motifs is 1. The Kier molecular flexibility index (Phi) is 5.71. The molecule has 0 saturated heterocycles. The van der Waals surface area contributed by atoms with Gasteiger partial charge in [0, 0.05) is 30.6 Å². The number of aromatic nitrogens is 3. The zero-order chi connectivity index (χ0) is 20.1. The first-order chi connectivity index (χ1) is 13.7. The Balaban J connectivity index is 0.00000109. The van der Waals surface area contributed by atoms with Crippen LogP contribution in [0.5, 0.6) is 0 Å². The van der Waals surface area contributed by atoms with Crippen molar-refractivity contribution >= 4 is 11.5 Å². The lowest BCUT2D eigenvalue weighted by molar-refractivity contribution is 1.13. The Hall–Kier alpha value is -3.65. The van der Waals surface area contributed by atoms with Crippen LogP contribution in [0.2, 0.25) is 0 Å². The molecule has 5 nitrogen and oxygen atoms in total. The van der Waals surface area contributed by atoms with Gasteiger partial charge in [-0.15, -0.1) is 0 Å². The van der Waals surface area contributed by atoms with E-state index in [2.05, 4.69) is 52.0 Å². The third kappa shape index (κ3) is 3.45. The molecule has 0 aliphatic rings. The highest BCUT2D eigenvalue weighted by Crippen LogP contribution is 2.33. The SMILES string of the molecule is CC.CNc1nc(-c2ccc(C#N)cc2)c(-c2ccc(C)cc2)n2ccnc12. The van der Waals surface area contributed by atoms with E-state index in [-0.39, 0.29) is 0 Å². The summed E-state index contributed by atoms with van der Waals surface area (Å²) in [6.07, 6.45) is 3.72. The second-order valence-corrected chi connectivity index (χ2v) is 6.08. The fraction of sp³-hybridized carbons (Fsp3) is 0.174. The van der Waals surface area contributed by atoms with E-state index in [0.29, 0.717) is 11.4 Å². The van der Waals surface area contributed by atoms with Gasteiger partial charge in [-0.3, -0.25) is 4.40 Å². The van der Waals surface area contributed by atoms with Crippen LogP contribution in [0, 0.1) is 18.3 Å². The summed E-state index contributed by atoms with van der Waals surface area (Å²) in [5, 5.41) is 12.2. The van der Waals surface area contributed by atoms with Gasteiger partial charge < -0.3 is 5.32 Å². The number of nitrogens with zero attached hydrogens (tertiary/aromatic N) is 4. The van der Waals surface area contributed by atoms with Crippen molar-refractivity contribution in [3.05, 3.63) is 72.1 Å². The van der Waals surface area contributed by atoms with Gasteiger partial charge in [0.05, 0.1) is 23.0 Å². The van der Waals surface area contributed by atoms with Crippen LogP contribution in [0.3, 0.4) is 0 Å². The molecule has 0 atom stereocenters. The number of nitriles is 1. The highest BCUT2D eigenvalue weighted by molar-refractivity contribution is 5.83. The molecule has 0 aliphatic carbocycles. The second-order valence-electron chi connectivity index (χ2n) is 6.08. The monoisotopic (exact) mass is 369 g/mol. The molecule has 0 bridgehead atoms. The van der Waals surface area contributed by atoms with Crippen LogP contribution in [0.15, 0.2) is 60.9 Å². The van der Waals surface area contributed by atoms with Crippen molar-refractivity contribution in [2.75, 3.05) is 12.4 Å². The lowest BCUT2D eigenvalue weighted by Gasteiger charge is -2.15. The van der Waals surface area contributed by atoms with Gasteiger partial charge in [0.1, 0.15) is 0 Å². The van der Waals surface area contributed by atoms with Gasteiger partial charge >= 0.3 is 0 Å². The Bertz CT molecular complexity index is 1120. The second kappa shape index (κ2) is 8.36. The van der Waals surface area contributed by atoms with Crippen molar-refractivity contribution in [3.8, 4) is 28.6 Å². The van der Waals surface area contributed by atoms with Gasteiger partial charge in [-0.05, 0) is 19.1 Å². The molecule has 0 spiro atoms. The molecule has 2 aromatic carbocycles. The molecule has 0 saturated carbocycles. The molecule has 28 heavy (non-hydrogen) atoms. The molecule has 4 rings (SSSR count). The normalized spacial score (nSPS) is 10.1. The van der Waals surface area contributed by atoms with Crippen LogP contribution in [0.4, 0.5) is 5.82 Å². The molecule has 0 radical (unpaired) electrons. The Labute approximate surface area is 165 Å². The molecular formula is C23H23N5. The maximum absolute atomic E-state index is 9.07. The van der Waals surface area contributed by atoms with Crippen LogP contribution < -0.4 is 5.32 Å². The van der Waals surface area contributed by atoms with Crippen LogP contribution in [0.1, 0.15) is 25.0 Å². The number of hydrogen-bond acceptors (Lipinski definition) is 4. The topological polar surface area (TPSA) is 66.0 Å². The molecule has 4 aromatic rings. The first-order valence-electron chi connectivity index (χ1n) is 9.33. The lowest BCUT2D eigenvalue weighted by atomic mass is 10.0. The molecular weight excluding hydrogens is 346 g/mol. The largest absolute Gasteiger partial charge is 0.370 e. The van der Waals surface area contributed by atoms with Crippen molar-refractivity contribution < 1.29 is 0 Å². The van der Waals surface area contributed by atoms with Crippen LogP contribution >= 0.6 is 0 Å². The summed E-state index contributed by atoms with van der Waals surface area (Å²) in [5.74, 6) is 0.713. The summed E-state index contributed by atoms with van der Waals surface area (Å²) in [6, 6.07) is 18.0. The zero-order valence-electron chi connectivity index (χ0n) is 16.6. The number of imidazole rings is 1. The van der Waals surface area contributed by atoms with Crippen LogP contribution in [-0.2, 0) is 0 Å². The summed E-state index contributed by atoms with van der Waals surface area (Å²) in [4.78, 5) is 9.29. The predicted molar refractivity (Wildman–Crippen MR) is 114 cm³/mol. The Morgan fingerprint density at radius 1 is 0.964 bits per heavy atom. The van der Waals surface area contributed by atoms with E-state index in [0.717, 1.165) is 28.2 Å². The van der Waals surface area contributed by atoms with E-state index in [1.165, 1.54) is 5.56 Å². The van der Waals surface area contributed by atoms with Gasteiger partial charge in [0.25, 0.3) is 0 Å². The number of nitrogens with one attached hydrogen (secondary N) is 1. The molecule has 140 valence electrons. The van der Waals surface area contributed by atoms with Gasteiger partial charge in [-0.1, -0.05) is 55.8 Å². The molecule has 0 fully saturated rings. The molecule has 1 N–H and O–H groups in total. The average Bonchev–Trinajstić information content (AvgIpc) is 3.25. The van der Waals surface area contributed by atoms with Crippen molar-refractivity contribution in [1.29, 1.82) is 5.26 Å².